The molecule has 0 bridgehead atoms. The summed E-state index contributed by atoms with van der Waals surface area (Å²) in [5.41, 5.74) is 0.910. The van der Waals surface area contributed by atoms with Crippen molar-refractivity contribution in [3.05, 3.63) is 35.9 Å². The molecular formula is C15H22O2. The normalized spacial score (nSPS) is 26.5. The van der Waals surface area contributed by atoms with Crippen LogP contribution in [-0.4, -0.2) is 12.7 Å². The molecule has 2 rings (SSSR count). The first-order valence-corrected chi connectivity index (χ1v) is 6.32. The predicted molar refractivity (Wildman–Crippen MR) is 68.6 cm³/mol. The lowest BCUT2D eigenvalue weighted by molar-refractivity contribution is -0.0161. The number of epoxide rings is 1. The standard InChI is InChI=1S/C15H22O2/c1-11(2)14(12(3)4)15(16-5,17-14)13-9-7-6-8-10-13/h6-12H,1-5H3. The minimum Gasteiger partial charge on any atom is -0.347 e. The molecule has 0 aromatic heterocycles. The third-order valence-corrected chi connectivity index (χ3v) is 3.94. The van der Waals surface area contributed by atoms with Crippen LogP contribution in [0.15, 0.2) is 30.3 Å². The number of benzene rings is 1. The van der Waals surface area contributed by atoms with E-state index < -0.39 is 5.79 Å². The first-order chi connectivity index (χ1) is 8.01. The maximum Gasteiger partial charge on any atom is 0.226 e. The van der Waals surface area contributed by atoms with Crippen molar-refractivity contribution in [2.24, 2.45) is 11.8 Å². The van der Waals surface area contributed by atoms with Crippen LogP contribution in [0.3, 0.4) is 0 Å². The molecule has 1 heterocycles. The Labute approximate surface area is 104 Å². The Morgan fingerprint density at radius 1 is 1.00 bits per heavy atom. The van der Waals surface area contributed by atoms with Gasteiger partial charge in [-0.25, -0.2) is 0 Å². The van der Waals surface area contributed by atoms with Crippen molar-refractivity contribution in [1.82, 2.24) is 0 Å². The Morgan fingerprint density at radius 3 is 1.88 bits per heavy atom. The molecule has 0 aliphatic carbocycles. The van der Waals surface area contributed by atoms with Gasteiger partial charge in [0.25, 0.3) is 0 Å². The van der Waals surface area contributed by atoms with Gasteiger partial charge in [-0.05, 0) is 11.8 Å². The van der Waals surface area contributed by atoms with Gasteiger partial charge < -0.3 is 9.47 Å². The Morgan fingerprint density at radius 2 is 1.53 bits per heavy atom. The lowest BCUT2D eigenvalue weighted by atomic mass is 9.78. The predicted octanol–water partition coefficient (Wildman–Crippen LogP) is 3.57. The van der Waals surface area contributed by atoms with Gasteiger partial charge in [-0.1, -0.05) is 58.0 Å². The molecule has 1 unspecified atom stereocenters. The van der Waals surface area contributed by atoms with E-state index in [4.69, 9.17) is 9.47 Å². The molecule has 1 aliphatic heterocycles. The van der Waals surface area contributed by atoms with Gasteiger partial charge >= 0.3 is 0 Å². The molecule has 1 atom stereocenters. The maximum atomic E-state index is 6.13. The molecular weight excluding hydrogens is 212 g/mol. The van der Waals surface area contributed by atoms with Gasteiger partial charge in [-0.15, -0.1) is 0 Å². The summed E-state index contributed by atoms with van der Waals surface area (Å²) in [5.74, 6) is 0.279. The van der Waals surface area contributed by atoms with Crippen LogP contribution in [-0.2, 0) is 15.3 Å². The van der Waals surface area contributed by atoms with Crippen LogP contribution in [0.1, 0.15) is 33.3 Å². The molecule has 0 spiro atoms. The van der Waals surface area contributed by atoms with Gasteiger partial charge in [0.2, 0.25) is 5.79 Å². The molecule has 0 saturated carbocycles. The highest BCUT2D eigenvalue weighted by Gasteiger charge is 2.74. The molecule has 94 valence electrons. The van der Waals surface area contributed by atoms with E-state index in [9.17, 15) is 0 Å². The van der Waals surface area contributed by atoms with E-state index in [1.807, 2.05) is 18.2 Å². The van der Waals surface area contributed by atoms with Gasteiger partial charge in [0, 0.05) is 12.7 Å². The fraction of sp³-hybridized carbons (Fsp3) is 0.600. The van der Waals surface area contributed by atoms with E-state index in [-0.39, 0.29) is 5.60 Å². The van der Waals surface area contributed by atoms with Crippen LogP contribution in [0.5, 0.6) is 0 Å². The quantitative estimate of drug-likeness (QED) is 0.743. The second-order valence-corrected chi connectivity index (χ2v) is 5.39. The lowest BCUT2D eigenvalue weighted by Crippen LogP contribution is -2.35. The molecule has 1 saturated heterocycles. The van der Waals surface area contributed by atoms with Crippen LogP contribution in [0, 0.1) is 11.8 Å². The van der Waals surface area contributed by atoms with Gasteiger partial charge in [0.05, 0.1) is 0 Å². The molecule has 2 nitrogen and oxygen atoms in total. The zero-order chi connectivity index (χ0) is 12.7. The first kappa shape index (κ1) is 12.6. The molecule has 1 fully saturated rings. The Kier molecular flexibility index (Phi) is 3.04. The van der Waals surface area contributed by atoms with E-state index >= 15 is 0 Å². The summed E-state index contributed by atoms with van der Waals surface area (Å²) < 4.78 is 11.9. The Balaban J connectivity index is 2.44. The molecule has 1 aromatic carbocycles. The van der Waals surface area contributed by atoms with Gasteiger partial charge in [-0.2, -0.15) is 0 Å². The lowest BCUT2D eigenvalue weighted by Gasteiger charge is -2.25. The first-order valence-electron chi connectivity index (χ1n) is 6.32. The van der Waals surface area contributed by atoms with Crippen molar-refractivity contribution in [2.75, 3.05) is 7.11 Å². The molecule has 1 aromatic rings. The average molecular weight is 234 g/mol. The second kappa shape index (κ2) is 4.11. The summed E-state index contributed by atoms with van der Waals surface area (Å²) in [6.45, 7) is 8.79. The third-order valence-electron chi connectivity index (χ3n) is 3.94. The van der Waals surface area contributed by atoms with E-state index in [1.165, 1.54) is 0 Å². The number of hydrogen-bond acceptors (Lipinski definition) is 2. The highest BCUT2D eigenvalue weighted by Crippen LogP contribution is 2.63. The van der Waals surface area contributed by atoms with Crippen molar-refractivity contribution in [3.8, 4) is 0 Å². The van der Waals surface area contributed by atoms with Gasteiger partial charge in [0.15, 0.2) is 0 Å². The summed E-state index contributed by atoms with van der Waals surface area (Å²) in [5, 5.41) is 0. The summed E-state index contributed by atoms with van der Waals surface area (Å²) >= 11 is 0. The smallest absolute Gasteiger partial charge is 0.226 e. The van der Waals surface area contributed by atoms with Crippen LogP contribution >= 0.6 is 0 Å². The summed E-state index contributed by atoms with van der Waals surface area (Å²) in [6.07, 6.45) is 0. The zero-order valence-corrected chi connectivity index (χ0v) is 11.4. The molecule has 0 amide bonds. The van der Waals surface area contributed by atoms with Gasteiger partial charge in [0.1, 0.15) is 5.60 Å². The highest BCUT2D eigenvalue weighted by molar-refractivity contribution is 5.32. The van der Waals surface area contributed by atoms with E-state index in [2.05, 4.69) is 39.8 Å². The number of hydrogen-bond donors (Lipinski definition) is 0. The van der Waals surface area contributed by atoms with Crippen LogP contribution < -0.4 is 0 Å². The Bertz CT molecular complexity index is 375. The van der Waals surface area contributed by atoms with Crippen molar-refractivity contribution in [2.45, 2.75) is 39.1 Å². The fourth-order valence-corrected chi connectivity index (χ4v) is 3.14. The molecule has 1 aliphatic rings. The summed E-state index contributed by atoms with van der Waals surface area (Å²) in [4.78, 5) is 0. The highest BCUT2D eigenvalue weighted by atomic mass is 16.8. The van der Waals surface area contributed by atoms with E-state index in [0.717, 1.165) is 5.56 Å². The molecule has 17 heavy (non-hydrogen) atoms. The van der Waals surface area contributed by atoms with Gasteiger partial charge in [-0.3, -0.25) is 0 Å². The third kappa shape index (κ3) is 1.54. The summed E-state index contributed by atoms with van der Waals surface area (Å²) in [6, 6.07) is 10.2. The monoisotopic (exact) mass is 234 g/mol. The molecule has 0 radical (unpaired) electrons. The minimum absolute atomic E-state index is 0.205. The number of methoxy groups -OCH3 is 1. The minimum atomic E-state index is -0.559. The molecule has 0 N–H and O–H groups in total. The Hall–Kier alpha value is -0.860. The molecule has 2 heteroatoms. The van der Waals surface area contributed by atoms with Crippen LogP contribution in [0.4, 0.5) is 0 Å². The van der Waals surface area contributed by atoms with Crippen molar-refractivity contribution >= 4 is 0 Å². The SMILES string of the molecule is COC1(c2ccccc2)OC1(C(C)C)C(C)C. The average Bonchev–Trinajstić information content (AvgIpc) is 3.02. The number of ether oxygens (including phenoxy) is 2. The topological polar surface area (TPSA) is 21.8 Å². The van der Waals surface area contributed by atoms with Crippen molar-refractivity contribution in [1.29, 1.82) is 0 Å². The van der Waals surface area contributed by atoms with Crippen molar-refractivity contribution < 1.29 is 9.47 Å². The van der Waals surface area contributed by atoms with Crippen molar-refractivity contribution in [3.63, 3.8) is 0 Å². The fourth-order valence-electron chi connectivity index (χ4n) is 3.14. The number of rotatable bonds is 4. The maximum absolute atomic E-state index is 6.13. The van der Waals surface area contributed by atoms with Crippen LogP contribution in [0.2, 0.25) is 0 Å². The van der Waals surface area contributed by atoms with Crippen LogP contribution in [0.25, 0.3) is 0 Å². The largest absolute Gasteiger partial charge is 0.347 e. The van der Waals surface area contributed by atoms with E-state index in [0.29, 0.717) is 11.8 Å². The summed E-state index contributed by atoms with van der Waals surface area (Å²) in [7, 11) is 1.74. The van der Waals surface area contributed by atoms with E-state index in [1.54, 1.807) is 7.11 Å². The zero-order valence-electron chi connectivity index (χ0n) is 11.4. The second-order valence-electron chi connectivity index (χ2n) is 5.39.